The first kappa shape index (κ1) is 20.1. The van der Waals surface area contributed by atoms with Crippen LogP contribution in [-0.4, -0.2) is 30.9 Å². The number of nitrogens with zero attached hydrogens (tertiary/aromatic N) is 3. The largest absolute Gasteiger partial charge is 0.334 e. The molecule has 1 fully saturated rings. The number of amides is 2. The van der Waals surface area contributed by atoms with Crippen LogP contribution in [0.3, 0.4) is 0 Å². The maximum atomic E-state index is 12.4. The van der Waals surface area contributed by atoms with Gasteiger partial charge in [-0.25, -0.2) is 14.5 Å². The molecule has 3 aromatic rings. The van der Waals surface area contributed by atoms with Crippen LogP contribution in [0.5, 0.6) is 0 Å². The third kappa shape index (κ3) is 5.23. The molecule has 4 rings (SSSR count). The Hall–Kier alpha value is -2.22. The molecule has 2 aromatic heterocycles. The van der Waals surface area contributed by atoms with Crippen LogP contribution in [0, 0.1) is 5.92 Å². The molecule has 1 unspecified atom stereocenters. The van der Waals surface area contributed by atoms with Crippen molar-refractivity contribution in [3.05, 3.63) is 66.6 Å². The maximum absolute atomic E-state index is 12.4. The monoisotopic (exact) mass is 447 g/mol. The van der Waals surface area contributed by atoms with Crippen molar-refractivity contribution in [1.29, 1.82) is 0 Å². The Morgan fingerprint density at radius 1 is 1.24 bits per heavy atom. The smallest absolute Gasteiger partial charge is 0.319 e. The summed E-state index contributed by atoms with van der Waals surface area (Å²) in [5.74, 6) is 1.81. The van der Waals surface area contributed by atoms with Gasteiger partial charge in [-0.3, -0.25) is 0 Å². The highest BCUT2D eigenvalue weighted by molar-refractivity contribution is 7.99. The molecule has 2 heterocycles. The lowest BCUT2D eigenvalue weighted by Gasteiger charge is -2.12. The molecule has 9 heteroatoms. The van der Waals surface area contributed by atoms with E-state index < -0.39 is 4.33 Å². The second-order valence-corrected chi connectivity index (χ2v) is 9.35. The summed E-state index contributed by atoms with van der Waals surface area (Å²) in [6.45, 7) is 0.376. The predicted molar refractivity (Wildman–Crippen MR) is 117 cm³/mol. The zero-order valence-electron chi connectivity index (χ0n) is 15.4. The van der Waals surface area contributed by atoms with Gasteiger partial charge >= 0.3 is 6.03 Å². The Balaban J connectivity index is 1.33. The number of anilines is 1. The minimum Gasteiger partial charge on any atom is -0.334 e. The molecule has 1 aliphatic carbocycles. The van der Waals surface area contributed by atoms with Gasteiger partial charge < -0.3 is 10.6 Å². The Kier molecular flexibility index (Phi) is 5.99. The number of hydrogen-bond donors (Lipinski definition) is 2. The summed E-state index contributed by atoms with van der Waals surface area (Å²) in [6, 6.07) is 13.0. The molecule has 1 aliphatic rings. The number of rotatable bonds is 7. The second-order valence-electron chi connectivity index (χ2n) is 6.75. The average Bonchev–Trinajstić information content (AvgIpc) is 3.10. The van der Waals surface area contributed by atoms with Crippen molar-refractivity contribution in [2.75, 3.05) is 11.1 Å². The van der Waals surface area contributed by atoms with Gasteiger partial charge in [-0.2, -0.15) is 5.10 Å². The number of thioether (sulfide) groups is 1. The highest BCUT2D eigenvalue weighted by Gasteiger charge is 2.51. The standard InChI is InChI=1S/C20H19Cl2N5OS/c21-20(22)11-15(20)13-29-17-5-2-1-4-16(17)26-19(28)24-12-14-6-8-23-18(10-14)27-9-3-7-25-27/h1-10,15H,11-13H2,(H2,24,26,28). The van der Waals surface area contributed by atoms with Crippen molar-refractivity contribution in [2.24, 2.45) is 5.92 Å². The van der Waals surface area contributed by atoms with Crippen molar-refractivity contribution in [1.82, 2.24) is 20.1 Å². The summed E-state index contributed by atoms with van der Waals surface area (Å²) in [6.07, 6.45) is 6.02. The molecular weight excluding hydrogens is 429 g/mol. The summed E-state index contributed by atoms with van der Waals surface area (Å²) in [5, 5.41) is 9.96. The summed E-state index contributed by atoms with van der Waals surface area (Å²) >= 11 is 13.9. The summed E-state index contributed by atoms with van der Waals surface area (Å²) in [7, 11) is 0. The molecular formula is C20H19Cl2N5OS. The Labute approximate surface area is 183 Å². The van der Waals surface area contributed by atoms with E-state index in [9.17, 15) is 4.79 Å². The summed E-state index contributed by atoms with van der Waals surface area (Å²) in [5.41, 5.74) is 1.69. The fraction of sp³-hybridized carbons (Fsp3) is 0.250. The minimum atomic E-state index is -0.591. The van der Waals surface area contributed by atoms with Crippen molar-refractivity contribution >= 4 is 46.7 Å². The Morgan fingerprint density at radius 3 is 2.83 bits per heavy atom. The minimum absolute atomic E-state index is 0.272. The molecule has 0 aliphatic heterocycles. The fourth-order valence-corrected chi connectivity index (χ4v) is 4.73. The van der Waals surface area contributed by atoms with Gasteiger partial charge in [0.2, 0.25) is 0 Å². The molecule has 29 heavy (non-hydrogen) atoms. The van der Waals surface area contributed by atoms with Gasteiger partial charge in [0.05, 0.1) is 5.69 Å². The topological polar surface area (TPSA) is 71.8 Å². The number of benzene rings is 1. The molecule has 0 saturated heterocycles. The normalized spacial score (nSPS) is 17.0. The van der Waals surface area contributed by atoms with E-state index in [0.717, 1.165) is 28.3 Å². The van der Waals surface area contributed by atoms with Gasteiger partial charge in [0, 0.05) is 41.7 Å². The van der Waals surface area contributed by atoms with Crippen LogP contribution in [0.1, 0.15) is 12.0 Å². The third-order valence-corrected chi connectivity index (χ3v) is 6.69. The first-order chi connectivity index (χ1) is 14.0. The third-order valence-electron chi connectivity index (χ3n) is 4.53. The van der Waals surface area contributed by atoms with E-state index in [1.807, 2.05) is 48.7 Å². The van der Waals surface area contributed by atoms with Crippen LogP contribution >= 0.6 is 35.0 Å². The molecule has 0 spiro atoms. The van der Waals surface area contributed by atoms with E-state index in [0.29, 0.717) is 12.4 Å². The van der Waals surface area contributed by atoms with Gasteiger partial charge in [-0.1, -0.05) is 12.1 Å². The van der Waals surface area contributed by atoms with Crippen molar-refractivity contribution in [3.63, 3.8) is 0 Å². The Morgan fingerprint density at radius 2 is 2.07 bits per heavy atom. The van der Waals surface area contributed by atoms with Gasteiger partial charge in [-0.15, -0.1) is 35.0 Å². The number of pyridine rings is 1. The van der Waals surface area contributed by atoms with Gasteiger partial charge in [0.1, 0.15) is 4.33 Å². The molecule has 0 radical (unpaired) electrons. The summed E-state index contributed by atoms with van der Waals surface area (Å²) < 4.78 is 1.08. The number of aromatic nitrogens is 3. The molecule has 0 bridgehead atoms. The SMILES string of the molecule is O=C(NCc1ccnc(-n2cccn2)c1)Nc1ccccc1SCC1CC1(Cl)Cl. The number of para-hydroxylation sites is 1. The van der Waals surface area contributed by atoms with E-state index in [2.05, 4.69) is 20.7 Å². The van der Waals surface area contributed by atoms with E-state index in [1.54, 1.807) is 28.8 Å². The van der Waals surface area contributed by atoms with Crippen molar-refractivity contribution in [3.8, 4) is 5.82 Å². The van der Waals surface area contributed by atoms with Crippen LogP contribution in [-0.2, 0) is 6.54 Å². The molecule has 2 N–H and O–H groups in total. The highest BCUT2D eigenvalue weighted by atomic mass is 35.5. The van der Waals surface area contributed by atoms with E-state index in [4.69, 9.17) is 23.2 Å². The molecule has 2 amide bonds. The Bertz CT molecular complexity index is 996. The number of nitrogens with one attached hydrogen (secondary N) is 2. The lowest BCUT2D eigenvalue weighted by Crippen LogP contribution is -2.28. The zero-order chi connectivity index (χ0) is 20.3. The van der Waals surface area contributed by atoms with Crippen molar-refractivity contribution < 1.29 is 4.79 Å². The second kappa shape index (κ2) is 8.65. The number of hydrogen-bond acceptors (Lipinski definition) is 4. The molecule has 1 atom stereocenters. The first-order valence-corrected chi connectivity index (χ1v) is 10.8. The van der Waals surface area contributed by atoms with Crippen LogP contribution < -0.4 is 10.6 Å². The van der Waals surface area contributed by atoms with E-state index in [1.165, 1.54) is 0 Å². The lowest BCUT2D eigenvalue weighted by molar-refractivity contribution is 0.251. The highest BCUT2D eigenvalue weighted by Crippen LogP contribution is 2.55. The lowest BCUT2D eigenvalue weighted by atomic mass is 10.2. The average molecular weight is 448 g/mol. The molecule has 1 saturated carbocycles. The summed E-state index contributed by atoms with van der Waals surface area (Å²) in [4.78, 5) is 17.7. The van der Waals surface area contributed by atoms with Crippen LogP contribution in [0.25, 0.3) is 5.82 Å². The number of urea groups is 1. The van der Waals surface area contributed by atoms with Gasteiger partial charge in [0.25, 0.3) is 0 Å². The number of carbonyl (C=O) groups is 1. The van der Waals surface area contributed by atoms with Gasteiger partial charge in [-0.05, 0) is 42.3 Å². The van der Waals surface area contributed by atoms with Crippen LogP contribution in [0.4, 0.5) is 10.5 Å². The quantitative estimate of drug-likeness (QED) is 0.400. The number of carbonyl (C=O) groups excluding carboxylic acids is 1. The van der Waals surface area contributed by atoms with E-state index >= 15 is 0 Å². The molecule has 1 aromatic carbocycles. The zero-order valence-corrected chi connectivity index (χ0v) is 17.7. The van der Waals surface area contributed by atoms with Crippen molar-refractivity contribution in [2.45, 2.75) is 22.2 Å². The fourth-order valence-electron chi connectivity index (χ4n) is 2.79. The predicted octanol–water partition coefficient (Wildman–Crippen LogP) is 4.87. The van der Waals surface area contributed by atoms with Crippen LogP contribution in [0.15, 0.2) is 66.0 Å². The maximum Gasteiger partial charge on any atom is 0.319 e. The van der Waals surface area contributed by atoms with Gasteiger partial charge in [0.15, 0.2) is 5.82 Å². The first-order valence-electron chi connectivity index (χ1n) is 9.11. The molecule has 150 valence electrons. The van der Waals surface area contributed by atoms with Crippen LogP contribution in [0.2, 0.25) is 0 Å². The molecule has 6 nitrogen and oxygen atoms in total. The number of alkyl halides is 2. The number of halogens is 2. The van der Waals surface area contributed by atoms with E-state index in [-0.39, 0.29) is 11.9 Å².